The molecule has 0 rings (SSSR count). The second kappa shape index (κ2) is 12.7. The van der Waals surface area contributed by atoms with Crippen molar-refractivity contribution in [2.45, 2.75) is 9.88 Å². The predicted octanol–water partition coefficient (Wildman–Crippen LogP) is -0.902. The van der Waals surface area contributed by atoms with Crippen molar-refractivity contribution in [3.63, 3.8) is 0 Å². The van der Waals surface area contributed by atoms with Gasteiger partial charge in [0.25, 0.3) is 0 Å². The van der Waals surface area contributed by atoms with Gasteiger partial charge in [0.1, 0.15) is 0 Å². The van der Waals surface area contributed by atoms with Crippen molar-refractivity contribution in [2.75, 3.05) is 0 Å². The molecule has 0 unspecified atom stereocenters. The van der Waals surface area contributed by atoms with E-state index in [1.807, 2.05) is 0 Å². The third kappa shape index (κ3) is 32.4. The minimum atomic E-state index is -1.82. The topological polar surface area (TPSA) is 149 Å². The second-order valence-electron chi connectivity index (χ2n) is 1.72. The summed E-state index contributed by atoms with van der Waals surface area (Å²) < 4.78 is 0. The van der Waals surface area contributed by atoms with E-state index in [9.17, 15) is 0 Å². The van der Waals surface area contributed by atoms with Crippen molar-refractivity contribution in [3.8, 4) is 0 Å². The minimum absolute atomic E-state index is 0.230. The fraction of sp³-hybridized carbons (Fsp3) is 0.333. The van der Waals surface area contributed by atoms with Crippen LogP contribution < -0.4 is 0 Å². The number of aliphatic carboxylic acids is 4. The first-order chi connectivity index (χ1) is 6.70. The maximum atomic E-state index is 9.10. The Hall–Kier alpha value is -1.32. The number of carbonyl (C=O) groups is 4. The van der Waals surface area contributed by atoms with Gasteiger partial charge in [0.05, 0.1) is 0 Å². The van der Waals surface area contributed by atoms with Gasteiger partial charge in [0, 0.05) is 0 Å². The molecule has 15 heavy (non-hydrogen) atoms. The zero-order valence-corrected chi connectivity index (χ0v) is 10.8. The molecule has 0 amide bonds. The number of hydrogen-bond donors (Lipinski definition) is 4. The van der Waals surface area contributed by atoms with E-state index in [0.29, 0.717) is 0 Å². The molecule has 0 saturated heterocycles. The predicted molar refractivity (Wildman–Crippen MR) is 48.0 cm³/mol. The summed E-state index contributed by atoms with van der Waals surface area (Å²) in [4.78, 5) is 41.0. The van der Waals surface area contributed by atoms with Crippen LogP contribution in [0.15, 0.2) is 0 Å². The summed E-state index contributed by atoms with van der Waals surface area (Å²) in [7, 11) is 0. The van der Waals surface area contributed by atoms with Gasteiger partial charge >= 0.3 is 54.9 Å². The molecule has 0 spiro atoms. The van der Waals surface area contributed by atoms with Crippen LogP contribution >= 0.6 is 0 Å². The second-order valence-corrected chi connectivity index (χ2v) is 4.57. The normalized spacial score (nSPS) is 7.07. The number of hydrogen-bond acceptors (Lipinski definition) is 4. The van der Waals surface area contributed by atoms with Gasteiger partial charge in [-0.15, -0.1) is 0 Å². The average molecular weight is 329 g/mol. The molecule has 0 fully saturated rings. The van der Waals surface area contributed by atoms with E-state index in [1.54, 1.807) is 0 Å². The zero-order chi connectivity index (χ0) is 13.0. The van der Waals surface area contributed by atoms with Gasteiger partial charge < -0.3 is 20.4 Å². The first-order valence-electron chi connectivity index (χ1n) is 3.21. The molecule has 4 N–H and O–H groups in total. The molecule has 0 aliphatic carbocycles. The zero-order valence-electron chi connectivity index (χ0n) is 7.92. The van der Waals surface area contributed by atoms with Crippen LogP contribution in [0.5, 0.6) is 0 Å². The summed E-state index contributed by atoms with van der Waals surface area (Å²) in [5, 5.41) is 29.6. The van der Waals surface area contributed by atoms with Crippen molar-refractivity contribution in [1.82, 2.24) is 0 Å². The van der Waals surface area contributed by atoms with Gasteiger partial charge in [-0.2, -0.15) is 0 Å². The molecule has 0 aromatic rings. The summed E-state index contributed by atoms with van der Waals surface area (Å²) >= 11 is 0.230. The van der Waals surface area contributed by atoms with Crippen LogP contribution in [0.25, 0.3) is 0 Å². The fourth-order valence-corrected chi connectivity index (χ4v) is 0. The van der Waals surface area contributed by atoms with E-state index in [0.717, 1.165) is 0 Å². The fourth-order valence-electron chi connectivity index (χ4n) is 0. The molecule has 0 aromatic heterocycles. The molecule has 0 aliphatic heterocycles. The molecular weight excluding hydrogens is 319 g/mol. The van der Waals surface area contributed by atoms with Crippen LogP contribution in [0, 0.1) is 0 Å². The molecule has 0 bridgehead atoms. The molecule has 86 valence electrons. The summed E-state index contributed by atoms with van der Waals surface area (Å²) in [6, 6.07) is 0. The number of rotatable bonds is 0. The first-order valence-corrected chi connectivity index (χ1v) is 8.92. The maximum absolute atomic E-state index is 9.10. The van der Waals surface area contributed by atoms with Crippen molar-refractivity contribution in [1.29, 1.82) is 0 Å². The molecular formula is C6H10O8Sn. The first kappa shape index (κ1) is 19.3. The van der Waals surface area contributed by atoms with Crippen LogP contribution in [-0.2, 0) is 19.2 Å². The van der Waals surface area contributed by atoms with Crippen LogP contribution in [0.2, 0.25) is 9.88 Å². The summed E-state index contributed by atoms with van der Waals surface area (Å²) in [6.07, 6.45) is 0. The van der Waals surface area contributed by atoms with Crippen LogP contribution in [0.1, 0.15) is 0 Å². The van der Waals surface area contributed by atoms with Gasteiger partial charge in [0.15, 0.2) is 0 Å². The van der Waals surface area contributed by atoms with Gasteiger partial charge in [-0.25, -0.2) is 19.2 Å². The molecule has 9 heteroatoms. The molecule has 0 aromatic carbocycles. The third-order valence-corrected chi connectivity index (χ3v) is 0.366. The molecule has 0 atom stereocenters. The van der Waals surface area contributed by atoms with E-state index < -0.39 is 23.9 Å². The van der Waals surface area contributed by atoms with Gasteiger partial charge in [-0.05, 0) is 0 Å². The van der Waals surface area contributed by atoms with E-state index >= 15 is 0 Å². The SMILES string of the molecule is O=C(O)C(=O)O.O=C(O)C(=O)O.[CH3][Sn][CH3]. The summed E-state index contributed by atoms with van der Waals surface area (Å²) in [5.74, 6) is -7.30. The van der Waals surface area contributed by atoms with E-state index in [2.05, 4.69) is 9.88 Å². The summed E-state index contributed by atoms with van der Waals surface area (Å²) in [6.45, 7) is 0. The van der Waals surface area contributed by atoms with Crippen molar-refractivity contribution in [3.05, 3.63) is 0 Å². The Morgan fingerprint density at radius 2 is 0.733 bits per heavy atom. The van der Waals surface area contributed by atoms with Gasteiger partial charge in [-0.3, -0.25) is 0 Å². The third-order valence-electron chi connectivity index (χ3n) is 0.366. The average Bonchev–Trinajstić information content (AvgIpc) is 2.06. The monoisotopic (exact) mass is 330 g/mol. The molecule has 0 saturated carbocycles. The van der Waals surface area contributed by atoms with Crippen molar-refractivity contribution < 1.29 is 39.6 Å². The van der Waals surface area contributed by atoms with Gasteiger partial charge in [0.2, 0.25) is 0 Å². The standard InChI is InChI=1S/2C2H2O4.2CH3.Sn/c2*3-1(4)2(5)6;;;/h2*(H,3,4)(H,5,6);2*1H3;. The Morgan fingerprint density at radius 1 is 0.667 bits per heavy atom. The van der Waals surface area contributed by atoms with Crippen LogP contribution in [0.4, 0.5) is 0 Å². The van der Waals surface area contributed by atoms with E-state index in [-0.39, 0.29) is 21.1 Å². The van der Waals surface area contributed by atoms with Gasteiger partial charge in [-0.1, -0.05) is 0 Å². The summed E-state index contributed by atoms with van der Waals surface area (Å²) in [5.41, 5.74) is 0. The van der Waals surface area contributed by atoms with Crippen molar-refractivity contribution in [2.24, 2.45) is 0 Å². The van der Waals surface area contributed by atoms with Crippen LogP contribution in [0.3, 0.4) is 0 Å². The Kier molecular flexibility index (Phi) is 16.3. The quantitative estimate of drug-likeness (QED) is 0.330. The Labute approximate surface area is 94.7 Å². The number of carboxylic acids is 4. The van der Waals surface area contributed by atoms with E-state index in [1.165, 1.54) is 0 Å². The Bertz CT molecular complexity index is 187. The molecule has 2 radical (unpaired) electrons. The van der Waals surface area contributed by atoms with Crippen LogP contribution in [-0.4, -0.2) is 65.4 Å². The van der Waals surface area contributed by atoms with Crippen molar-refractivity contribution >= 4 is 45.0 Å². The molecule has 0 aliphatic rings. The Morgan fingerprint density at radius 3 is 0.733 bits per heavy atom. The molecule has 0 heterocycles. The van der Waals surface area contributed by atoms with E-state index in [4.69, 9.17) is 39.6 Å². The Balaban J connectivity index is -0.000000153. The molecule has 8 nitrogen and oxygen atoms in total. The number of carboxylic acid groups (broad SMARTS) is 4.